The molecule has 0 fully saturated rings. The van der Waals surface area contributed by atoms with Gasteiger partial charge in [0.2, 0.25) is 0 Å². The van der Waals surface area contributed by atoms with E-state index in [1.807, 2.05) is 12.1 Å². The van der Waals surface area contributed by atoms with Crippen LogP contribution >= 0.6 is 0 Å². The fourth-order valence-electron chi connectivity index (χ4n) is 12.7. The van der Waals surface area contributed by atoms with Crippen molar-refractivity contribution < 1.29 is 4.11 Å². The van der Waals surface area contributed by atoms with Gasteiger partial charge < -0.3 is 9.80 Å². The van der Waals surface area contributed by atoms with E-state index in [0.29, 0.717) is 5.56 Å². The molecule has 0 bridgehead atoms. The molecule has 0 spiro atoms. The standard InChI is InChI=1S/C67H75BN2/c1-42-34-59-61-60(35-42)70(56-29-25-46(62(2,3)4)37-49(56)45-23-19-22-44(36-45)43-20-17-16-18-21-43)57-38-47(63(5,6)7)24-28-54(57)68(61)55-40-52-53(67(14,15)33-32-66(52,12)13)41-58(55)69(59)48-26-27-50-51(39-48)65(10,11)31-30-64(50,8)9/h16-29,34-41H,30-33H2,1-15H3/i1D3. The molecular weight excluding hydrogens is 844 g/mol. The SMILES string of the molecule is [2H]C([2H])([2H])c1cc2c3c(c1)N(c1ccc(C(C)(C)C)cc1-c1cccc(-c4ccccc4)c1)c1cc(C(C)(C)C)ccc1B3c1cc3c(cc1N2c1ccc2c(c1)C(C)(C)CCC2(C)C)C(C)(C)CCC3(C)C. The Bertz CT molecular complexity index is 3380. The summed E-state index contributed by atoms with van der Waals surface area (Å²) in [4.78, 5) is 4.94. The normalized spacial score (nSPS) is 18.9. The lowest BCUT2D eigenvalue weighted by atomic mass is 9.33. The van der Waals surface area contributed by atoms with Crippen LogP contribution in [0.25, 0.3) is 22.3 Å². The molecule has 2 aliphatic carbocycles. The molecule has 2 heterocycles. The maximum absolute atomic E-state index is 9.29. The van der Waals surface area contributed by atoms with Crippen LogP contribution in [0, 0.1) is 6.85 Å². The molecule has 2 nitrogen and oxygen atoms in total. The topological polar surface area (TPSA) is 6.48 Å². The van der Waals surface area contributed by atoms with Gasteiger partial charge in [-0.3, -0.25) is 0 Å². The third-order valence-electron chi connectivity index (χ3n) is 17.4. The third-order valence-corrected chi connectivity index (χ3v) is 17.4. The van der Waals surface area contributed by atoms with E-state index in [9.17, 15) is 4.11 Å². The second-order valence-corrected chi connectivity index (χ2v) is 26.2. The molecule has 0 aromatic heterocycles. The van der Waals surface area contributed by atoms with Crippen LogP contribution in [0.1, 0.15) is 166 Å². The number of nitrogens with zero attached hydrogens (tertiary/aromatic N) is 2. The molecule has 0 amide bonds. The lowest BCUT2D eigenvalue weighted by Crippen LogP contribution is -2.62. The molecule has 0 radical (unpaired) electrons. The number of anilines is 6. The van der Waals surface area contributed by atoms with Crippen molar-refractivity contribution in [2.45, 2.75) is 162 Å². The number of hydrogen-bond acceptors (Lipinski definition) is 2. The number of benzene rings is 7. The quantitative estimate of drug-likeness (QED) is 0.162. The minimum atomic E-state index is -2.39. The second-order valence-electron chi connectivity index (χ2n) is 26.2. The highest BCUT2D eigenvalue weighted by Crippen LogP contribution is 2.54. The first kappa shape index (κ1) is 43.0. The molecule has 11 rings (SSSR count). The second kappa shape index (κ2) is 15.6. The van der Waals surface area contributed by atoms with Crippen LogP contribution in [0.5, 0.6) is 0 Å². The molecule has 7 aromatic carbocycles. The summed E-state index contributed by atoms with van der Waals surface area (Å²) in [5.74, 6) is 0. The van der Waals surface area contributed by atoms with Crippen molar-refractivity contribution in [1.29, 1.82) is 0 Å². The van der Waals surface area contributed by atoms with Gasteiger partial charge in [0.05, 0.1) is 5.69 Å². The molecule has 4 aliphatic rings. The van der Waals surface area contributed by atoms with Gasteiger partial charge in [-0.05, 0) is 192 Å². The summed E-state index contributed by atoms with van der Waals surface area (Å²) in [5, 5.41) is 0. The fraction of sp³-hybridized carbons (Fsp3) is 0.373. The van der Waals surface area contributed by atoms with E-state index < -0.39 is 6.85 Å². The third kappa shape index (κ3) is 7.42. The van der Waals surface area contributed by atoms with Crippen molar-refractivity contribution in [3.05, 3.63) is 172 Å². The van der Waals surface area contributed by atoms with Crippen LogP contribution in [0.2, 0.25) is 0 Å². The van der Waals surface area contributed by atoms with Crippen molar-refractivity contribution in [3.8, 4) is 22.3 Å². The zero-order valence-corrected chi connectivity index (χ0v) is 44.5. The Morgan fingerprint density at radius 2 is 0.971 bits per heavy atom. The molecule has 3 heteroatoms. The lowest BCUT2D eigenvalue weighted by Gasteiger charge is -2.48. The zero-order chi connectivity index (χ0) is 52.2. The Balaban J connectivity index is 1.28. The largest absolute Gasteiger partial charge is 0.311 e. The average molecular weight is 922 g/mol. The summed E-state index contributed by atoms with van der Waals surface area (Å²) < 4.78 is 27.9. The molecule has 0 N–H and O–H groups in total. The number of rotatable bonds is 4. The molecule has 356 valence electrons. The van der Waals surface area contributed by atoms with Gasteiger partial charge in [0.15, 0.2) is 0 Å². The van der Waals surface area contributed by atoms with Gasteiger partial charge >= 0.3 is 0 Å². The minimum Gasteiger partial charge on any atom is -0.311 e. The highest BCUT2D eigenvalue weighted by Gasteiger charge is 2.48. The van der Waals surface area contributed by atoms with Crippen LogP contribution in [-0.2, 0) is 32.5 Å². The van der Waals surface area contributed by atoms with E-state index in [1.165, 1.54) is 49.9 Å². The highest BCUT2D eigenvalue weighted by molar-refractivity contribution is 7.00. The van der Waals surface area contributed by atoms with Crippen LogP contribution in [0.4, 0.5) is 34.1 Å². The van der Waals surface area contributed by atoms with E-state index in [1.54, 1.807) is 0 Å². The Labute approximate surface area is 425 Å². The van der Waals surface area contributed by atoms with Gasteiger partial charge in [0.25, 0.3) is 6.71 Å². The van der Waals surface area contributed by atoms with Crippen molar-refractivity contribution in [2.24, 2.45) is 0 Å². The van der Waals surface area contributed by atoms with Crippen LogP contribution < -0.4 is 26.2 Å². The van der Waals surface area contributed by atoms with Crippen molar-refractivity contribution in [2.75, 3.05) is 9.80 Å². The summed E-state index contributed by atoms with van der Waals surface area (Å²) in [6, 6.07) is 50.2. The van der Waals surface area contributed by atoms with Gasteiger partial charge in [-0.15, -0.1) is 0 Å². The monoisotopic (exact) mass is 922 g/mol. The molecular formula is C67H75BN2. The first-order valence-corrected chi connectivity index (χ1v) is 26.1. The van der Waals surface area contributed by atoms with Gasteiger partial charge in [-0.1, -0.05) is 176 Å². The van der Waals surface area contributed by atoms with E-state index >= 15 is 0 Å². The number of fused-ring (bicyclic) bond motifs is 6. The van der Waals surface area contributed by atoms with Crippen molar-refractivity contribution in [1.82, 2.24) is 0 Å². The summed E-state index contributed by atoms with van der Waals surface area (Å²) in [5.41, 5.74) is 22.5. The van der Waals surface area contributed by atoms with Gasteiger partial charge in [0.1, 0.15) is 0 Å². The average Bonchev–Trinajstić information content (AvgIpc) is 3.33. The Kier molecular flexibility index (Phi) is 9.59. The van der Waals surface area contributed by atoms with Crippen molar-refractivity contribution in [3.63, 3.8) is 0 Å². The summed E-state index contributed by atoms with van der Waals surface area (Å²) in [6.07, 6.45) is 4.44. The summed E-state index contributed by atoms with van der Waals surface area (Å²) >= 11 is 0. The predicted octanol–water partition coefficient (Wildman–Crippen LogP) is 16.7. The minimum absolute atomic E-state index is 0.0298. The smallest absolute Gasteiger partial charge is 0.252 e. The maximum atomic E-state index is 9.29. The number of aryl methyl sites for hydroxylation is 1. The van der Waals surface area contributed by atoms with Crippen LogP contribution in [-0.4, -0.2) is 6.71 Å². The summed E-state index contributed by atoms with van der Waals surface area (Å²) in [6.45, 7) is 30.5. The Hall–Kier alpha value is -5.80. The lowest BCUT2D eigenvalue weighted by molar-refractivity contribution is 0.332. The van der Waals surface area contributed by atoms with Gasteiger partial charge in [-0.2, -0.15) is 0 Å². The molecule has 0 saturated heterocycles. The van der Waals surface area contributed by atoms with Crippen LogP contribution in [0.3, 0.4) is 0 Å². The first-order chi connectivity index (χ1) is 34.0. The van der Waals surface area contributed by atoms with Gasteiger partial charge in [0, 0.05) is 38.1 Å². The fourth-order valence-corrected chi connectivity index (χ4v) is 12.7. The van der Waals surface area contributed by atoms with E-state index in [4.69, 9.17) is 0 Å². The number of hydrogen-bond donors (Lipinski definition) is 0. The Morgan fingerprint density at radius 1 is 0.429 bits per heavy atom. The molecule has 0 saturated carbocycles. The van der Waals surface area contributed by atoms with Crippen LogP contribution in [0.15, 0.2) is 133 Å². The molecule has 2 aliphatic heterocycles. The first-order valence-electron chi connectivity index (χ1n) is 27.6. The maximum Gasteiger partial charge on any atom is 0.252 e. The molecule has 7 aromatic rings. The van der Waals surface area contributed by atoms with Crippen molar-refractivity contribution >= 4 is 57.2 Å². The Morgan fingerprint density at radius 3 is 1.61 bits per heavy atom. The molecule has 70 heavy (non-hydrogen) atoms. The molecule has 0 atom stereocenters. The van der Waals surface area contributed by atoms with E-state index in [0.717, 1.165) is 82.0 Å². The van der Waals surface area contributed by atoms with E-state index in [-0.39, 0.29) is 39.2 Å². The van der Waals surface area contributed by atoms with Gasteiger partial charge in [-0.25, -0.2) is 0 Å². The predicted molar refractivity (Wildman–Crippen MR) is 304 cm³/mol. The molecule has 0 unspecified atom stereocenters. The highest BCUT2D eigenvalue weighted by atomic mass is 15.2. The van der Waals surface area contributed by atoms with E-state index in [2.05, 4.69) is 228 Å². The summed E-state index contributed by atoms with van der Waals surface area (Å²) in [7, 11) is 0. The zero-order valence-electron chi connectivity index (χ0n) is 47.5.